The summed E-state index contributed by atoms with van der Waals surface area (Å²) < 4.78 is 2.36. The van der Waals surface area contributed by atoms with Crippen molar-refractivity contribution in [1.29, 1.82) is 0 Å². The summed E-state index contributed by atoms with van der Waals surface area (Å²) in [6, 6.07) is 90.0. The average molecular weight is 840 g/mol. The van der Waals surface area contributed by atoms with Crippen LogP contribution in [0.1, 0.15) is 22.3 Å². The van der Waals surface area contributed by atoms with Gasteiger partial charge in [0, 0.05) is 33.2 Å². The number of nitrogens with zero attached hydrogens (tertiary/aromatic N) is 3. The summed E-state index contributed by atoms with van der Waals surface area (Å²) >= 11 is 0. The monoisotopic (exact) mass is 839 g/mol. The molecule has 13 rings (SSSR count). The Labute approximate surface area is 383 Å². The van der Waals surface area contributed by atoms with E-state index < -0.39 is 5.41 Å². The molecule has 0 unspecified atom stereocenters. The zero-order valence-corrected chi connectivity index (χ0v) is 36.0. The van der Waals surface area contributed by atoms with E-state index in [1.54, 1.807) is 0 Å². The molecule has 66 heavy (non-hydrogen) atoms. The maximum atomic E-state index is 5.39. The molecule has 0 fully saturated rings. The number of aromatic nitrogens is 3. The molecule has 0 saturated heterocycles. The largest absolute Gasteiger partial charge is 0.309 e. The van der Waals surface area contributed by atoms with E-state index in [4.69, 9.17) is 9.97 Å². The van der Waals surface area contributed by atoms with Crippen molar-refractivity contribution in [2.24, 2.45) is 0 Å². The summed E-state index contributed by atoms with van der Waals surface area (Å²) in [5.74, 6) is 0.691. The van der Waals surface area contributed by atoms with E-state index in [0.29, 0.717) is 5.82 Å². The lowest BCUT2D eigenvalue weighted by molar-refractivity contribution is 0.769. The predicted molar refractivity (Wildman–Crippen MR) is 273 cm³/mol. The van der Waals surface area contributed by atoms with Crippen LogP contribution in [0.4, 0.5) is 0 Å². The van der Waals surface area contributed by atoms with Gasteiger partial charge in [0.1, 0.15) is 0 Å². The Kier molecular flexibility index (Phi) is 8.75. The first kappa shape index (κ1) is 37.9. The van der Waals surface area contributed by atoms with Gasteiger partial charge in [-0.25, -0.2) is 9.97 Å². The molecule has 0 saturated carbocycles. The molecule has 0 spiro atoms. The molecule has 308 valence electrons. The van der Waals surface area contributed by atoms with Crippen molar-refractivity contribution in [3.63, 3.8) is 0 Å². The molecule has 0 atom stereocenters. The van der Waals surface area contributed by atoms with E-state index in [2.05, 4.69) is 247 Å². The molecule has 2 aromatic heterocycles. The molecule has 12 aromatic rings. The van der Waals surface area contributed by atoms with E-state index in [1.165, 1.54) is 60.7 Å². The van der Waals surface area contributed by atoms with Gasteiger partial charge in [-0.2, -0.15) is 0 Å². The molecule has 1 aliphatic carbocycles. The first-order valence-corrected chi connectivity index (χ1v) is 22.7. The number of para-hydroxylation sites is 2. The van der Waals surface area contributed by atoms with Gasteiger partial charge >= 0.3 is 0 Å². The minimum Gasteiger partial charge on any atom is -0.309 e. The molecule has 1 aliphatic rings. The van der Waals surface area contributed by atoms with Crippen LogP contribution in [0.2, 0.25) is 0 Å². The molecule has 0 aliphatic heterocycles. The summed E-state index contributed by atoms with van der Waals surface area (Å²) in [5.41, 5.74) is 17.8. The number of rotatable bonds is 7. The van der Waals surface area contributed by atoms with Gasteiger partial charge in [0.05, 0.1) is 27.8 Å². The number of fused-ring (bicyclic) bond motifs is 7. The highest BCUT2D eigenvalue weighted by Crippen LogP contribution is 2.57. The minimum absolute atomic E-state index is 0.484. The molecule has 0 N–H and O–H groups in total. The van der Waals surface area contributed by atoms with Crippen molar-refractivity contribution in [2.75, 3.05) is 0 Å². The molecule has 0 amide bonds. The SMILES string of the molecule is c1ccc(-c2nc(-c3ccc(-c4ccc5c(c4)C(c4ccccc4)(c4ccccc4)c4ccccc4-5)c4ccccc34)cc(-c3cccc4c3c3ccccc3n4-c3ccccc3)n2)cc1. The summed E-state index contributed by atoms with van der Waals surface area (Å²) in [6.07, 6.45) is 0. The van der Waals surface area contributed by atoms with Crippen molar-refractivity contribution in [3.05, 3.63) is 271 Å². The summed E-state index contributed by atoms with van der Waals surface area (Å²) in [4.78, 5) is 10.8. The lowest BCUT2D eigenvalue weighted by atomic mass is 9.67. The summed E-state index contributed by atoms with van der Waals surface area (Å²) in [5, 5.41) is 4.66. The highest BCUT2D eigenvalue weighted by atomic mass is 15.0. The van der Waals surface area contributed by atoms with Gasteiger partial charge in [-0.05, 0) is 91.7 Å². The van der Waals surface area contributed by atoms with Crippen LogP contribution < -0.4 is 0 Å². The zero-order valence-electron chi connectivity index (χ0n) is 36.0. The molecule has 2 heterocycles. The van der Waals surface area contributed by atoms with Crippen LogP contribution in [0, 0.1) is 0 Å². The topological polar surface area (TPSA) is 30.7 Å². The summed E-state index contributed by atoms with van der Waals surface area (Å²) in [6.45, 7) is 0. The molecule has 0 radical (unpaired) electrons. The van der Waals surface area contributed by atoms with Crippen molar-refractivity contribution >= 4 is 32.6 Å². The zero-order chi connectivity index (χ0) is 43.6. The molecule has 3 nitrogen and oxygen atoms in total. The van der Waals surface area contributed by atoms with Crippen molar-refractivity contribution < 1.29 is 0 Å². The Morgan fingerprint density at radius 1 is 0.318 bits per heavy atom. The van der Waals surface area contributed by atoms with Gasteiger partial charge in [0.15, 0.2) is 5.82 Å². The number of benzene rings is 10. The van der Waals surface area contributed by atoms with E-state index in [9.17, 15) is 0 Å². The van der Waals surface area contributed by atoms with E-state index in [-0.39, 0.29) is 0 Å². The molecule has 3 heteroatoms. The second kappa shape index (κ2) is 15.3. The molecule has 0 bridgehead atoms. The average Bonchev–Trinajstić information content (AvgIpc) is 3.90. The standard InChI is InChI=1S/C63H41N3/c1-5-20-42(21-6-1)62-64-57(41-58(65-62)53-32-19-35-60-61(53)54-31-16-18-34-59(54)66(60)46-26-11-4-12-27-46)52-39-38-47(48-28-13-14-29-49(48)52)43-36-37-51-50-30-15-17-33-55(50)63(56(51)40-43,44-22-7-2-8-23-44)45-24-9-3-10-25-45/h1-41H. The number of hydrogen-bond acceptors (Lipinski definition) is 2. The van der Waals surface area contributed by atoms with Gasteiger partial charge in [0.2, 0.25) is 0 Å². The fraction of sp³-hybridized carbons (Fsp3) is 0.0159. The second-order valence-electron chi connectivity index (χ2n) is 17.2. The van der Waals surface area contributed by atoms with E-state index in [0.717, 1.165) is 50.2 Å². The highest BCUT2D eigenvalue weighted by molar-refractivity contribution is 6.16. The predicted octanol–water partition coefficient (Wildman–Crippen LogP) is 15.8. The third kappa shape index (κ3) is 5.77. The maximum Gasteiger partial charge on any atom is 0.160 e. The first-order chi connectivity index (χ1) is 32.8. The Balaban J connectivity index is 1.02. The van der Waals surface area contributed by atoms with Crippen molar-refractivity contribution in [2.45, 2.75) is 5.41 Å². The Morgan fingerprint density at radius 3 is 1.56 bits per heavy atom. The van der Waals surface area contributed by atoms with Crippen LogP contribution in [0.5, 0.6) is 0 Å². The van der Waals surface area contributed by atoms with Gasteiger partial charge < -0.3 is 4.57 Å². The van der Waals surface area contributed by atoms with Crippen molar-refractivity contribution in [1.82, 2.24) is 14.5 Å². The lowest BCUT2D eigenvalue weighted by Gasteiger charge is -2.34. The van der Waals surface area contributed by atoms with E-state index in [1.807, 2.05) is 6.07 Å². The Bertz CT molecular complexity index is 3760. The summed E-state index contributed by atoms with van der Waals surface area (Å²) in [7, 11) is 0. The highest BCUT2D eigenvalue weighted by Gasteiger charge is 2.46. The van der Waals surface area contributed by atoms with Gasteiger partial charge in [-0.1, -0.05) is 212 Å². The smallest absolute Gasteiger partial charge is 0.160 e. The molecular weight excluding hydrogens is 799 g/mol. The van der Waals surface area contributed by atoms with Crippen LogP contribution >= 0.6 is 0 Å². The Morgan fingerprint density at radius 2 is 0.833 bits per heavy atom. The third-order valence-electron chi connectivity index (χ3n) is 13.7. The van der Waals surface area contributed by atoms with Crippen LogP contribution in [-0.4, -0.2) is 14.5 Å². The molecule has 10 aromatic carbocycles. The molecular formula is C63H41N3. The lowest BCUT2D eigenvalue weighted by Crippen LogP contribution is -2.28. The maximum absolute atomic E-state index is 5.39. The van der Waals surface area contributed by atoms with Crippen LogP contribution in [0.15, 0.2) is 249 Å². The quantitative estimate of drug-likeness (QED) is 0.160. The fourth-order valence-electron chi connectivity index (χ4n) is 10.9. The van der Waals surface area contributed by atoms with Gasteiger partial charge in [-0.3, -0.25) is 0 Å². The second-order valence-corrected chi connectivity index (χ2v) is 17.2. The fourth-order valence-corrected chi connectivity index (χ4v) is 10.9. The Hall–Kier alpha value is -8.66. The van der Waals surface area contributed by atoms with E-state index >= 15 is 0 Å². The van der Waals surface area contributed by atoms with Gasteiger partial charge in [-0.15, -0.1) is 0 Å². The number of hydrogen-bond donors (Lipinski definition) is 0. The van der Waals surface area contributed by atoms with Crippen LogP contribution in [0.3, 0.4) is 0 Å². The van der Waals surface area contributed by atoms with Gasteiger partial charge in [0.25, 0.3) is 0 Å². The first-order valence-electron chi connectivity index (χ1n) is 22.7. The minimum atomic E-state index is -0.484. The normalized spacial score (nSPS) is 12.7. The van der Waals surface area contributed by atoms with Crippen LogP contribution in [-0.2, 0) is 5.41 Å². The van der Waals surface area contributed by atoms with Crippen molar-refractivity contribution in [3.8, 4) is 61.8 Å². The van der Waals surface area contributed by atoms with Crippen LogP contribution in [0.25, 0.3) is 94.4 Å². The third-order valence-corrected chi connectivity index (χ3v) is 13.7.